The second kappa shape index (κ2) is 7.63. The summed E-state index contributed by atoms with van der Waals surface area (Å²) in [5.74, 6) is 0.836. The van der Waals surface area contributed by atoms with Crippen LogP contribution in [0.25, 0.3) is 0 Å². The molecule has 0 saturated carbocycles. The molecule has 0 unspecified atom stereocenters. The van der Waals surface area contributed by atoms with Crippen molar-refractivity contribution in [3.8, 4) is 0 Å². The lowest BCUT2D eigenvalue weighted by Gasteiger charge is -2.30. The molecule has 94 valence electrons. The molecule has 0 radical (unpaired) electrons. The van der Waals surface area contributed by atoms with Crippen molar-refractivity contribution in [2.75, 3.05) is 46.3 Å². The first-order chi connectivity index (χ1) is 7.76. The van der Waals surface area contributed by atoms with Crippen molar-refractivity contribution in [2.24, 2.45) is 5.92 Å². The van der Waals surface area contributed by atoms with Crippen molar-refractivity contribution in [3.63, 3.8) is 0 Å². The van der Waals surface area contributed by atoms with Crippen molar-refractivity contribution in [1.29, 1.82) is 0 Å². The third-order valence-electron chi connectivity index (χ3n) is 3.37. The highest BCUT2D eigenvalue weighted by Crippen LogP contribution is 2.13. The van der Waals surface area contributed by atoms with E-state index in [0.717, 1.165) is 45.1 Å². The highest BCUT2D eigenvalue weighted by atomic mass is 16.1. The normalized spacial score (nSPS) is 17.7. The Labute approximate surface area is 99.0 Å². The Morgan fingerprint density at radius 1 is 1.31 bits per heavy atom. The van der Waals surface area contributed by atoms with Crippen LogP contribution in [-0.4, -0.2) is 62.5 Å². The van der Waals surface area contributed by atoms with Gasteiger partial charge in [-0.25, -0.2) is 0 Å². The molecule has 1 N–H and O–H groups in total. The molecule has 16 heavy (non-hydrogen) atoms. The average molecular weight is 227 g/mol. The number of amides is 1. The number of piperidine rings is 1. The Kier molecular flexibility index (Phi) is 6.42. The van der Waals surface area contributed by atoms with Gasteiger partial charge in [-0.1, -0.05) is 6.92 Å². The maximum Gasteiger partial charge on any atom is 0.209 e. The van der Waals surface area contributed by atoms with E-state index >= 15 is 0 Å². The summed E-state index contributed by atoms with van der Waals surface area (Å²) in [4.78, 5) is 14.7. The molecule has 0 atom stereocenters. The first-order valence-corrected chi connectivity index (χ1v) is 6.34. The zero-order valence-corrected chi connectivity index (χ0v) is 10.6. The van der Waals surface area contributed by atoms with Gasteiger partial charge in [0.15, 0.2) is 0 Å². The summed E-state index contributed by atoms with van der Waals surface area (Å²) in [5.41, 5.74) is 0. The molecule has 0 aliphatic carbocycles. The van der Waals surface area contributed by atoms with E-state index < -0.39 is 0 Å². The molecule has 1 rings (SSSR count). The van der Waals surface area contributed by atoms with Crippen LogP contribution in [0.4, 0.5) is 0 Å². The number of carbonyl (C=O) groups is 1. The highest BCUT2D eigenvalue weighted by Gasteiger charge is 2.16. The maximum absolute atomic E-state index is 10.5. The van der Waals surface area contributed by atoms with E-state index in [9.17, 15) is 4.79 Å². The smallest absolute Gasteiger partial charge is 0.209 e. The Balaban J connectivity index is 2.21. The maximum atomic E-state index is 10.5. The molecule has 1 saturated heterocycles. The lowest BCUT2D eigenvalue weighted by Crippen LogP contribution is -2.39. The molecule has 1 fully saturated rings. The number of hydrogen-bond donors (Lipinski definition) is 1. The molecule has 1 aliphatic heterocycles. The first-order valence-electron chi connectivity index (χ1n) is 6.34. The third-order valence-corrected chi connectivity index (χ3v) is 3.37. The van der Waals surface area contributed by atoms with E-state index in [-0.39, 0.29) is 0 Å². The number of hydrogen-bond acceptors (Lipinski definition) is 3. The number of nitrogens with zero attached hydrogens (tertiary/aromatic N) is 2. The fourth-order valence-corrected chi connectivity index (χ4v) is 2.16. The number of carbonyl (C=O) groups excluding carboxylic acids is 1. The van der Waals surface area contributed by atoms with Crippen LogP contribution in [0.5, 0.6) is 0 Å². The second-order valence-electron chi connectivity index (χ2n) is 4.67. The topological polar surface area (TPSA) is 35.6 Å². The van der Waals surface area contributed by atoms with Gasteiger partial charge < -0.3 is 15.1 Å². The summed E-state index contributed by atoms with van der Waals surface area (Å²) in [5, 5.41) is 3.39. The Morgan fingerprint density at radius 2 is 2.00 bits per heavy atom. The molecule has 0 aromatic carbocycles. The molecule has 4 nitrogen and oxygen atoms in total. The van der Waals surface area contributed by atoms with Gasteiger partial charge in [-0.2, -0.15) is 0 Å². The monoisotopic (exact) mass is 227 g/mol. The molecular weight excluding hydrogens is 202 g/mol. The zero-order chi connectivity index (χ0) is 11.8. The second-order valence-corrected chi connectivity index (χ2v) is 4.67. The summed E-state index contributed by atoms with van der Waals surface area (Å²) in [6.07, 6.45) is 3.48. The molecule has 4 heteroatoms. The molecule has 0 aromatic rings. The van der Waals surface area contributed by atoms with Gasteiger partial charge in [-0.05, 0) is 38.4 Å². The van der Waals surface area contributed by atoms with Crippen molar-refractivity contribution < 1.29 is 4.79 Å². The summed E-state index contributed by atoms with van der Waals surface area (Å²) < 4.78 is 0. The van der Waals surface area contributed by atoms with Gasteiger partial charge in [0.25, 0.3) is 0 Å². The van der Waals surface area contributed by atoms with Crippen LogP contribution in [0.2, 0.25) is 0 Å². The predicted molar refractivity (Wildman–Crippen MR) is 66.4 cm³/mol. The summed E-state index contributed by atoms with van der Waals surface area (Å²) in [6, 6.07) is 0. The fraction of sp³-hybridized carbons (Fsp3) is 0.917. The predicted octanol–water partition coefficient (Wildman–Crippen LogP) is 0.396. The Hall–Kier alpha value is -0.610. The third kappa shape index (κ3) is 4.94. The van der Waals surface area contributed by atoms with E-state index in [1.54, 1.807) is 4.90 Å². The van der Waals surface area contributed by atoms with E-state index in [0.29, 0.717) is 0 Å². The van der Waals surface area contributed by atoms with Gasteiger partial charge in [0, 0.05) is 26.7 Å². The zero-order valence-electron chi connectivity index (χ0n) is 10.6. The fourth-order valence-electron chi connectivity index (χ4n) is 2.16. The van der Waals surface area contributed by atoms with E-state index in [2.05, 4.69) is 17.1 Å². The molecule has 0 spiro atoms. The van der Waals surface area contributed by atoms with Gasteiger partial charge in [0.2, 0.25) is 6.41 Å². The van der Waals surface area contributed by atoms with Gasteiger partial charge >= 0.3 is 0 Å². The van der Waals surface area contributed by atoms with Crippen molar-refractivity contribution in [3.05, 3.63) is 0 Å². The Bertz CT molecular complexity index is 193. The van der Waals surface area contributed by atoms with Crippen LogP contribution in [0.1, 0.15) is 19.8 Å². The SMILES string of the molecule is CCN(CCN(C)C=O)CC1CCNCC1. The minimum atomic E-state index is 0.836. The molecule has 0 bridgehead atoms. The minimum absolute atomic E-state index is 0.836. The number of likely N-dealkylation sites (N-methyl/N-ethyl adjacent to an activating group) is 2. The quantitative estimate of drug-likeness (QED) is 0.639. The van der Waals surface area contributed by atoms with Crippen LogP contribution >= 0.6 is 0 Å². The summed E-state index contributed by atoms with van der Waals surface area (Å²) >= 11 is 0. The molecular formula is C12H25N3O. The van der Waals surface area contributed by atoms with Crippen LogP contribution < -0.4 is 5.32 Å². The van der Waals surface area contributed by atoms with Crippen molar-refractivity contribution in [2.45, 2.75) is 19.8 Å². The largest absolute Gasteiger partial charge is 0.347 e. The van der Waals surface area contributed by atoms with Gasteiger partial charge in [0.1, 0.15) is 0 Å². The van der Waals surface area contributed by atoms with Gasteiger partial charge in [-0.15, -0.1) is 0 Å². The lowest BCUT2D eigenvalue weighted by molar-refractivity contribution is -0.117. The van der Waals surface area contributed by atoms with Crippen molar-refractivity contribution in [1.82, 2.24) is 15.1 Å². The van der Waals surface area contributed by atoms with E-state index in [1.807, 2.05) is 7.05 Å². The lowest BCUT2D eigenvalue weighted by atomic mass is 9.97. The first kappa shape index (κ1) is 13.5. The van der Waals surface area contributed by atoms with E-state index in [4.69, 9.17) is 0 Å². The standard InChI is InChI=1S/C12H25N3O/c1-3-15(9-8-14(2)11-16)10-12-4-6-13-7-5-12/h11-13H,3-10H2,1-2H3. The van der Waals surface area contributed by atoms with E-state index in [1.165, 1.54) is 19.4 Å². The molecule has 1 amide bonds. The van der Waals surface area contributed by atoms with Crippen LogP contribution in [0.3, 0.4) is 0 Å². The summed E-state index contributed by atoms with van der Waals surface area (Å²) in [6.45, 7) is 8.62. The number of nitrogens with one attached hydrogen (secondary N) is 1. The highest BCUT2D eigenvalue weighted by molar-refractivity contribution is 5.46. The summed E-state index contributed by atoms with van der Waals surface area (Å²) in [7, 11) is 1.84. The van der Waals surface area contributed by atoms with Crippen LogP contribution in [0.15, 0.2) is 0 Å². The van der Waals surface area contributed by atoms with Crippen LogP contribution in [-0.2, 0) is 4.79 Å². The Morgan fingerprint density at radius 3 is 2.56 bits per heavy atom. The van der Waals surface area contributed by atoms with Gasteiger partial charge in [0.05, 0.1) is 0 Å². The molecule has 1 heterocycles. The molecule has 1 aliphatic rings. The molecule has 0 aromatic heterocycles. The minimum Gasteiger partial charge on any atom is -0.347 e. The van der Waals surface area contributed by atoms with Gasteiger partial charge in [-0.3, -0.25) is 4.79 Å². The number of rotatable bonds is 7. The van der Waals surface area contributed by atoms with Crippen molar-refractivity contribution >= 4 is 6.41 Å². The average Bonchev–Trinajstić information content (AvgIpc) is 2.35. The van der Waals surface area contributed by atoms with Crippen LogP contribution in [0, 0.1) is 5.92 Å².